The molecule has 4 aromatic rings. The molecule has 4 rings (SSSR count). The van der Waals surface area contributed by atoms with Gasteiger partial charge in [0.25, 0.3) is 5.56 Å². The predicted molar refractivity (Wildman–Crippen MR) is 132 cm³/mol. The number of rotatable bonds is 7. The van der Waals surface area contributed by atoms with Gasteiger partial charge >= 0.3 is 0 Å². The highest BCUT2D eigenvalue weighted by Gasteiger charge is 2.20. The zero-order valence-corrected chi connectivity index (χ0v) is 18.7. The van der Waals surface area contributed by atoms with E-state index in [4.69, 9.17) is 0 Å². The molecule has 1 heterocycles. The number of hydrogen-bond donors (Lipinski definition) is 2. The summed E-state index contributed by atoms with van der Waals surface area (Å²) in [6.45, 7) is 3.96. The van der Waals surface area contributed by atoms with Crippen LogP contribution in [0, 0.1) is 0 Å². The summed E-state index contributed by atoms with van der Waals surface area (Å²) < 4.78 is 0. The molecule has 0 aliphatic rings. The first kappa shape index (κ1) is 21.6. The van der Waals surface area contributed by atoms with E-state index in [1.165, 1.54) is 11.8 Å². The molecule has 0 saturated heterocycles. The summed E-state index contributed by atoms with van der Waals surface area (Å²) in [5.74, 6) is 0.119. The van der Waals surface area contributed by atoms with Crippen LogP contribution in [-0.2, 0) is 4.79 Å². The van der Waals surface area contributed by atoms with E-state index in [1.54, 1.807) is 23.1 Å². The van der Waals surface area contributed by atoms with Gasteiger partial charge in [-0.05, 0) is 62.4 Å². The number of benzene rings is 3. The highest BCUT2D eigenvalue weighted by atomic mass is 32.2. The number of nitrogens with zero attached hydrogens (tertiary/aromatic N) is 2. The number of hydrogen-bond acceptors (Lipinski definition) is 5. The number of fused-ring (bicyclic) bond motifs is 1. The molecule has 0 radical (unpaired) electrons. The van der Waals surface area contributed by atoms with Gasteiger partial charge in [-0.1, -0.05) is 42.1 Å². The topological polar surface area (TPSA) is 78.1 Å². The number of thioether (sulfide) groups is 1. The average Bonchev–Trinajstić information content (AvgIpc) is 2.79. The molecule has 6 nitrogen and oxygen atoms in total. The Kier molecular flexibility index (Phi) is 6.56. The second-order valence-electron chi connectivity index (χ2n) is 7.57. The van der Waals surface area contributed by atoms with Gasteiger partial charge in [-0.2, -0.15) is 0 Å². The van der Waals surface area contributed by atoms with Crippen LogP contribution in [0.25, 0.3) is 10.9 Å². The van der Waals surface area contributed by atoms with Crippen molar-refractivity contribution in [1.82, 2.24) is 9.97 Å². The molecule has 0 unspecified atom stereocenters. The van der Waals surface area contributed by atoms with Crippen LogP contribution in [0.3, 0.4) is 0 Å². The van der Waals surface area contributed by atoms with Crippen LogP contribution in [-0.4, -0.2) is 27.7 Å². The Bertz CT molecular complexity index is 1270. The summed E-state index contributed by atoms with van der Waals surface area (Å²) in [4.78, 5) is 34.3. The van der Waals surface area contributed by atoms with Crippen molar-refractivity contribution in [2.24, 2.45) is 0 Å². The van der Waals surface area contributed by atoms with Crippen molar-refractivity contribution in [1.29, 1.82) is 0 Å². The lowest BCUT2D eigenvalue weighted by atomic mass is 10.2. The molecule has 0 aliphatic carbocycles. The van der Waals surface area contributed by atoms with Crippen LogP contribution >= 0.6 is 11.8 Å². The molecule has 162 valence electrons. The van der Waals surface area contributed by atoms with Crippen molar-refractivity contribution in [3.05, 3.63) is 89.2 Å². The van der Waals surface area contributed by atoms with E-state index >= 15 is 0 Å². The average molecular weight is 445 g/mol. The van der Waals surface area contributed by atoms with E-state index in [2.05, 4.69) is 15.3 Å². The van der Waals surface area contributed by atoms with Crippen LogP contribution in [0.2, 0.25) is 0 Å². The fourth-order valence-electron chi connectivity index (χ4n) is 3.46. The Hall–Kier alpha value is -3.58. The van der Waals surface area contributed by atoms with E-state index in [0.29, 0.717) is 16.1 Å². The van der Waals surface area contributed by atoms with Crippen LogP contribution in [0.5, 0.6) is 0 Å². The zero-order chi connectivity index (χ0) is 22.5. The van der Waals surface area contributed by atoms with Crippen LogP contribution in [0.4, 0.5) is 17.1 Å². The van der Waals surface area contributed by atoms with Crippen molar-refractivity contribution in [3.8, 4) is 0 Å². The molecule has 7 heteroatoms. The quantitative estimate of drug-likeness (QED) is 0.303. The Morgan fingerprint density at radius 2 is 1.62 bits per heavy atom. The minimum atomic E-state index is -0.201. The first-order chi connectivity index (χ1) is 15.5. The highest BCUT2D eigenvalue weighted by Crippen LogP contribution is 2.24. The third-order valence-corrected chi connectivity index (χ3v) is 5.77. The molecular formula is C25H24N4O2S. The van der Waals surface area contributed by atoms with Gasteiger partial charge in [-0.25, -0.2) is 4.98 Å². The third-order valence-electron chi connectivity index (χ3n) is 4.92. The van der Waals surface area contributed by atoms with E-state index in [9.17, 15) is 9.59 Å². The Balaban J connectivity index is 1.46. The van der Waals surface area contributed by atoms with E-state index < -0.39 is 0 Å². The predicted octanol–water partition coefficient (Wildman–Crippen LogP) is 5.20. The van der Waals surface area contributed by atoms with Gasteiger partial charge in [0.2, 0.25) is 5.91 Å². The lowest BCUT2D eigenvalue weighted by Gasteiger charge is -2.27. The Morgan fingerprint density at radius 1 is 0.969 bits per heavy atom. The molecule has 0 aliphatic heterocycles. The van der Waals surface area contributed by atoms with Gasteiger partial charge in [0.1, 0.15) is 0 Å². The summed E-state index contributed by atoms with van der Waals surface area (Å²) in [5, 5.41) is 4.32. The van der Waals surface area contributed by atoms with Gasteiger partial charge in [0.05, 0.1) is 16.7 Å². The van der Waals surface area contributed by atoms with Crippen molar-refractivity contribution in [2.75, 3.05) is 16.0 Å². The number of carbonyl (C=O) groups is 1. The fraction of sp³-hybridized carbons (Fsp3) is 0.160. The lowest BCUT2D eigenvalue weighted by Crippen LogP contribution is -2.38. The number of anilines is 3. The summed E-state index contributed by atoms with van der Waals surface area (Å²) >= 11 is 1.23. The maximum Gasteiger partial charge on any atom is 0.259 e. The first-order valence-corrected chi connectivity index (χ1v) is 11.4. The molecule has 2 N–H and O–H groups in total. The number of amides is 1. The van der Waals surface area contributed by atoms with Crippen molar-refractivity contribution in [3.63, 3.8) is 0 Å². The number of aromatic amines is 1. The second kappa shape index (κ2) is 9.70. The SMILES string of the molecule is CC(C)N(C(=O)CSc1nc2ccccc2c(=O)[nH]1)c1ccc(Nc2ccccc2)cc1. The first-order valence-electron chi connectivity index (χ1n) is 10.4. The molecule has 0 bridgehead atoms. The number of H-pyrrole nitrogens is 1. The van der Waals surface area contributed by atoms with Gasteiger partial charge in [0.15, 0.2) is 5.16 Å². The summed E-state index contributed by atoms with van der Waals surface area (Å²) in [6.07, 6.45) is 0. The van der Waals surface area contributed by atoms with E-state index in [0.717, 1.165) is 17.1 Å². The minimum absolute atomic E-state index is 0.0142. The Labute approximate surface area is 190 Å². The number of carbonyl (C=O) groups excluding carboxylic acids is 1. The molecule has 1 amide bonds. The van der Waals surface area contributed by atoms with Crippen LogP contribution in [0.15, 0.2) is 88.8 Å². The molecular weight excluding hydrogens is 420 g/mol. The van der Waals surface area contributed by atoms with Gasteiger partial charge in [-0.15, -0.1) is 0 Å². The number of para-hydroxylation sites is 2. The second-order valence-corrected chi connectivity index (χ2v) is 8.54. The largest absolute Gasteiger partial charge is 0.356 e. The van der Waals surface area contributed by atoms with Crippen LogP contribution in [0.1, 0.15) is 13.8 Å². The van der Waals surface area contributed by atoms with Gasteiger partial charge < -0.3 is 15.2 Å². The standard InChI is InChI=1S/C25H24N4O2S/c1-17(2)29(20-14-12-19(13-15-20)26-18-8-4-3-5-9-18)23(30)16-32-25-27-22-11-7-6-10-21(22)24(31)28-25/h3-15,17,26H,16H2,1-2H3,(H,27,28,31). The van der Waals surface area contributed by atoms with E-state index in [1.807, 2.05) is 74.5 Å². The number of aromatic nitrogens is 2. The molecule has 0 spiro atoms. The zero-order valence-electron chi connectivity index (χ0n) is 17.9. The van der Waals surface area contributed by atoms with Crippen molar-refractivity contribution in [2.45, 2.75) is 25.0 Å². The number of nitrogens with one attached hydrogen (secondary N) is 2. The maximum atomic E-state index is 13.1. The third kappa shape index (κ3) is 5.00. The minimum Gasteiger partial charge on any atom is -0.356 e. The van der Waals surface area contributed by atoms with E-state index in [-0.39, 0.29) is 23.3 Å². The van der Waals surface area contributed by atoms with Gasteiger partial charge in [0, 0.05) is 23.1 Å². The van der Waals surface area contributed by atoms with Gasteiger partial charge in [-0.3, -0.25) is 9.59 Å². The molecule has 32 heavy (non-hydrogen) atoms. The molecule has 0 saturated carbocycles. The smallest absolute Gasteiger partial charge is 0.259 e. The monoisotopic (exact) mass is 444 g/mol. The maximum absolute atomic E-state index is 13.1. The molecule has 1 aromatic heterocycles. The normalized spacial score (nSPS) is 11.0. The van der Waals surface area contributed by atoms with Crippen LogP contribution < -0.4 is 15.8 Å². The van der Waals surface area contributed by atoms with Crippen molar-refractivity contribution < 1.29 is 4.79 Å². The summed E-state index contributed by atoms with van der Waals surface area (Å²) in [5.41, 5.74) is 3.19. The summed E-state index contributed by atoms with van der Waals surface area (Å²) in [6, 6.07) is 24.9. The lowest BCUT2D eigenvalue weighted by molar-refractivity contribution is -0.116. The molecule has 0 fully saturated rings. The summed E-state index contributed by atoms with van der Waals surface area (Å²) in [7, 11) is 0. The molecule has 0 atom stereocenters. The fourth-order valence-corrected chi connectivity index (χ4v) is 4.18. The van der Waals surface area contributed by atoms with Crippen molar-refractivity contribution >= 4 is 45.6 Å². The molecule has 3 aromatic carbocycles. The Morgan fingerprint density at radius 3 is 2.34 bits per heavy atom. The highest BCUT2D eigenvalue weighted by molar-refractivity contribution is 7.99.